The Bertz CT molecular complexity index is 517. The van der Waals surface area contributed by atoms with E-state index in [1.807, 2.05) is 6.92 Å². The van der Waals surface area contributed by atoms with Gasteiger partial charge in [-0.1, -0.05) is 19.9 Å². The van der Waals surface area contributed by atoms with Gasteiger partial charge in [-0.25, -0.2) is 4.39 Å². The Balaban J connectivity index is 3.04. The molecule has 122 valence electrons. The zero-order valence-corrected chi connectivity index (χ0v) is 13.1. The first-order valence-electron chi connectivity index (χ1n) is 7.19. The van der Waals surface area contributed by atoms with Gasteiger partial charge in [0.15, 0.2) is 0 Å². The number of aliphatic hydroxyl groups is 1. The van der Waals surface area contributed by atoms with Gasteiger partial charge in [0.05, 0.1) is 25.7 Å². The maximum Gasteiger partial charge on any atom is 0.310 e. The van der Waals surface area contributed by atoms with Gasteiger partial charge in [0.2, 0.25) is 0 Å². The Morgan fingerprint density at radius 3 is 2.59 bits per heavy atom. The zero-order chi connectivity index (χ0) is 16.7. The zero-order valence-electron chi connectivity index (χ0n) is 13.1. The molecule has 2 atom stereocenters. The molecular weight excluding hydrogens is 289 g/mol. The lowest BCUT2D eigenvalue weighted by Crippen LogP contribution is -2.45. The van der Waals surface area contributed by atoms with Crippen LogP contribution in [0.3, 0.4) is 0 Å². The summed E-state index contributed by atoms with van der Waals surface area (Å²) in [6.07, 6.45) is 0.519. The van der Waals surface area contributed by atoms with Crippen molar-refractivity contribution in [2.75, 3.05) is 20.3 Å². The Kier molecular flexibility index (Phi) is 6.98. The molecule has 6 heteroatoms. The molecule has 0 aliphatic heterocycles. The summed E-state index contributed by atoms with van der Waals surface area (Å²) < 4.78 is 18.0. The van der Waals surface area contributed by atoms with E-state index < -0.39 is 29.7 Å². The molecule has 22 heavy (non-hydrogen) atoms. The van der Waals surface area contributed by atoms with Crippen LogP contribution < -0.4 is 0 Å². The number of rotatable bonds is 7. The van der Waals surface area contributed by atoms with Gasteiger partial charge >= 0.3 is 5.97 Å². The van der Waals surface area contributed by atoms with E-state index in [-0.39, 0.29) is 18.7 Å². The van der Waals surface area contributed by atoms with Crippen molar-refractivity contribution in [2.45, 2.75) is 26.3 Å². The maximum atomic E-state index is 13.3. The third-order valence-electron chi connectivity index (χ3n) is 3.53. The van der Waals surface area contributed by atoms with E-state index in [2.05, 4.69) is 4.74 Å². The maximum absolute atomic E-state index is 13.3. The number of aliphatic hydroxyl groups excluding tert-OH is 1. The SMILES string of the molecule is CCC(CO)N(CC(C)C(=O)OC)C(=O)c1cccc(F)c1. The molecular formula is C16H22FNO4. The van der Waals surface area contributed by atoms with Gasteiger partial charge in [0.25, 0.3) is 5.91 Å². The van der Waals surface area contributed by atoms with Crippen molar-refractivity contribution in [3.8, 4) is 0 Å². The fraction of sp³-hybridized carbons (Fsp3) is 0.500. The number of ether oxygens (including phenoxy) is 1. The van der Waals surface area contributed by atoms with Crippen LogP contribution in [0.25, 0.3) is 0 Å². The molecule has 0 aliphatic rings. The third kappa shape index (κ3) is 4.53. The molecule has 0 fully saturated rings. The van der Waals surface area contributed by atoms with Crippen molar-refractivity contribution in [3.05, 3.63) is 35.6 Å². The largest absolute Gasteiger partial charge is 0.469 e. The van der Waals surface area contributed by atoms with E-state index in [1.54, 1.807) is 6.92 Å². The number of amides is 1. The molecule has 1 aromatic rings. The summed E-state index contributed by atoms with van der Waals surface area (Å²) in [6.45, 7) is 3.34. The van der Waals surface area contributed by atoms with Crippen LogP contribution >= 0.6 is 0 Å². The van der Waals surface area contributed by atoms with Gasteiger partial charge in [0.1, 0.15) is 5.82 Å². The van der Waals surface area contributed by atoms with E-state index in [0.717, 1.165) is 6.07 Å². The Labute approximate surface area is 129 Å². The summed E-state index contributed by atoms with van der Waals surface area (Å²) in [6, 6.07) is 4.90. The second-order valence-electron chi connectivity index (χ2n) is 5.14. The first kappa shape index (κ1) is 18.1. The average Bonchev–Trinajstić information content (AvgIpc) is 2.53. The summed E-state index contributed by atoms with van der Waals surface area (Å²) in [7, 11) is 1.28. The van der Waals surface area contributed by atoms with Gasteiger partial charge < -0.3 is 14.7 Å². The number of halogens is 1. The number of carbonyl (C=O) groups is 2. The minimum Gasteiger partial charge on any atom is -0.469 e. The summed E-state index contributed by atoms with van der Waals surface area (Å²) in [5, 5.41) is 9.47. The number of hydrogen-bond acceptors (Lipinski definition) is 4. The summed E-state index contributed by atoms with van der Waals surface area (Å²) in [5.41, 5.74) is 0.184. The molecule has 0 saturated carbocycles. The summed E-state index contributed by atoms with van der Waals surface area (Å²) >= 11 is 0. The summed E-state index contributed by atoms with van der Waals surface area (Å²) in [5.74, 6) is -1.91. The fourth-order valence-electron chi connectivity index (χ4n) is 2.20. The number of carbonyl (C=O) groups excluding carboxylic acids is 2. The van der Waals surface area contributed by atoms with E-state index in [9.17, 15) is 19.1 Å². The van der Waals surface area contributed by atoms with Crippen molar-refractivity contribution in [1.82, 2.24) is 4.90 Å². The molecule has 5 nitrogen and oxygen atoms in total. The minimum absolute atomic E-state index is 0.0983. The van der Waals surface area contributed by atoms with Gasteiger partial charge in [-0.2, -0.15) is 0 Å². The quantitative estimate of drug-likeness (QED) is 0.780. The molecule has 1 rings (SSSR count). The molecule has 1 N–H and O–H groups in total. The first-order chi connectivity index (χ1) is 10.4. The molecule has 0 bridgehead atoms. The van der Waals surface area contributed by atoms with Crippen LogP contribution in [0.4, 0.5) is 4.39 Å². The number of methoxy groups -OCH3 is 1. The van der Waals surface area contributed by atoms with E-state index in [0.29, 0.717) is 6.42 Å². The van der Waals surface area contributed by atoms with Crippen LogP contribution in [0.2, 0.25) is 0 Å². The minimum atomic E-state index is -0.539. The molecule has 0 aliphatic carbocycles. The number of benzene rings is 1. The van der Waals surface area contributed by atoms with Crippen molar-refractivity contribution in [3.63, 3.8) is 0 Å². The van der Waals surface area contributed by atoms with E-state index in [4.69, 9.17) is 0 Å². The summed E-state index contributed by atoms with van der Waals surface area (Å²) in [4.78, 5) is 25.6. The fourth-order valence-corrected chi connectivity index (χ4v) is 2.20. The molecule has 0 aromatic heterocycles. The Morgan fingerprint density at radius 1 is 1.41 bits per heavy atom. The lowest BCUT2D eigenvalue weighted by Gasteiger charge is -2.31. The molecule has 0 heterocycles. The Hall–Kier alpha value is -1.95. The second kappa shape index (κ2) is 8.48. The molecule has 0 spiro atoms. The van der Waals surface area contributed by atoms with Crippen LogP contribution in [-0.4, -0.2) is 48.2 Å². The van der Waals surface area contributed by atoms with Crippen LogP contribution in [0.1, 0.15) is 30.6 Å². The lowest BCUT2D eigenvalue weighted by atomic mass is 10.1. The molecule has 1 amide bonds. The van der Waals surface area contributed by atoms with Gasteiger partial charge in [0, 0.05) is 12.1 Å². The predicted molar refractivity (Wildman–Crippen MR) is 79.8 cm³/mol. The highest BCUT2D eigenvalue weighted by Crippen LogP contribution is 2.15. The van der Waals surface area contributed by atoms with E-state index >= 15 is 0 Å². The van der Waals surface area contributed by atoms with Gasteiger partial charge in [-0.3, -0.25) is 9.59 Å². The van der Waals surface area contributed by atoms with Crippen LogP contribution in [0, 0.1) is 11.7 Å². The molecule has 0 radical (unpaired) electrons. The highest BCUT2D eigenvalue weighted by molar-refractivity contribution is 5.94. The lowest BCUT2D eigenvalue weighted by molar-refractivity contribution is -0.145. The van der Waals surface area contributed by atoms with Crippen LogP contribution in [-0.2, 0) is 9.53 Å². The predicted octanol–water partition coefficient (Wildman–Crippen LogP) is 1.85. The molecule has 2 unspecified atom stereocenters. The van der Waals surface area contributed by atoms with Crippen molar-refractivity contribution >= 4 is 11.9 Å². The highest BCUT2D eigenvalue weighted by atomic mass is 19.1. The molecule has 1 aromatic carbocycles. The first-order valence-corrected chi connectivity index (χ1v) is 7.19. The average molecular weight is 311 g/mol. The number of nitrogens with zero attached hydrogens (tertiary/aromatic N) is 1. The van der Waals surface area contributed by atoms with Gasteiger partial charge in [-0.15, -0.1) is 0 Å². The van der Waals surface area contributed by atoms with Crippen molar-refractivity contribution < 1.29 is 23.8 Å². The van der Waals surface area contributed by atoms with Gasteiger partial charge in [-0.05, 0) is 24.6 Å². The smallest absolute Gasteiger partial charge is 0.310 e. The van der Waals surface area contributed by atoms with E-state index in [1.165, 1.54) is 30.2 Å². The normalized spacial score (nSPS) is 13.3. The van der Waals surface area contributed by atoms with Crippen LogP contribution in [0.15, 0.2) is 24.3 Å². The third-order valence-corrected chi connectivity index (χ3v) is 3.53. The number of esters is 1. The van der Waals surface area contributed by atoms with Crippen molar-refractivity contribution in [1.29, 1.82) is 0 Å². The topological polar surface area (TPSA) is 66.8 Å². The second-order valence-corrected chi connectivity index (χ2v) is 5.14. The van der Waals surface area contributed by atoms with Crippen molar-refractivity contribution in [2.24, 2.45) is 5.92 Å². The number of hydrogen-bond donors (Lipinski definition) is 1. The molecule has 0 saturated heterocycles. The highest BCUT2D eigenvalue weighted by Gasteiger charge is 2.27. The van der Waals surface area contributed by atoms with Crippen LogP contribution in [0.5, 0.6) is 0 Å². The standard InChI is InChI=1S/C16H22FNO4/c1-4-14(10-19)18(9-11(2)16(21)22-3)15(20)12-6-5-7-13(17)8-12/h5-8,11,14,19H,4,9-10H2,1-3H3. The Morgan fingerprint density at radius 2 is 2.09 bits per heavy atom. The monoisotopic (exact) mass is 311 g/mol.